The van der Waals surface area contributed by atoms with Crippen LogP contribution in [-0.4, -0.2) is 41.5 Å². The lowest BCUT2D eigenvalue weighted by Gasteiger charge is -2.13. The standard InChI is InChI=1S/C14H11N3O3S3/c18-11(19)5-2-6-17-13(20)10(22-14(17)21)7-8-3-1-4-9-12(8)16-23-15-9/h1,3-4,7H,2,5-6H2,(H,18,19). The Morgan fingerprint density at radius 2 is 2.22 bits per heavy atom. The Balaban J connectivity index is 1.81. The summed E-state index contributed by atoms with van der Waals surface area (Å²) in [5, 5.41) is 8.68. The smallest absolute Gasteiger partial charge is 0.303 e. The topological polar surface area (TPSA) is 83.4 Å². The van der Waals surface area contributed by atoms with Gasteiger partial charge < -0.3 is 5.11 Å². The minimum atomic E-state index is -0.881. The number of thioether (sulfide) groups is 1. The zero-order valence-electron chi connectivity index (χ0n) is 11.8. The first-order chi connectivity index (χ1) is 11.1. The van der Waals surface area contributed by atoms with Crippen molar-refractivity contribution in [1.82, 2.24) is 13.6 Å². The van der Waals surface area contributed by atoms with Gasteiger partial charge in [-0.2, -0.15) is 8.75 Å². The van der Waals surface area contributed by atoms with Crippen molar-refractivity contribution in [2.45, 2.75) is 12.8 Å². The molecule has 2 heterocycles. The summed E-state index contributed by atoms with van der Waals surface area (Å²) in [5.41, 5.74) is 2.37. The van der Waals surface area contributed by atoms with E-state index in [4.69, 9.17) is 17.3 Å². The van der Waals surface area contributed by atoms with Gasteiger partial charge in [0.1, 0.15) is 15.4 Å². The molecule has 0 spiro atoms. The van der Waals surface area contributed by atoms with Crippen LogP contribution in [0.5, 0.6) is 0 Å². The highest BCUT2D eigenvalue weighted by atomic mass is 32.2. The Morgan fingerprint density at radius 1 is 1.39 bits per heavy atom. The van der Waals surface area contributed by atoms with Crippen molar-refractivity contribution in [2.75, 3.05) is 6.54 Å². The van der Waals surface area contributed by atoms with Crippen LogP contribution in [0.2, 0.25) is 0 Å². The molecule has 0 saturated carbocycles. The summed E-state index contributed by atoms with van der Waals surface area (Å²) >= 11 is 7.57. The van der Waals surface area contributed by atoms with Crippen molar-refractivity contribution in [3.8, 4) is 0 Å². The van der Waals surface area contributed by atoms with Crippen LogP contribution in [0.15, 0.2) is 23.1 Å². The number of rotatable bonds is 5. The normalized spacial score (nSPS) is 16.7. The summed E-state index contributed by atoms with van der Waals surface area (Å²) in [7, 11) is 0. The van der Waals surface area contributed by atoms with Gasteiger partial charge in [0.05, 0.1) is 16.6 Å². The largest absolute Gasteiger partial charge is 0.481 e. The monoisotopic (exact) mass is 365 g/mol. The summed E-state index contributed by atoms with van der Waals surface area (Å²) in [6.07, 6.45) is 2.15. The van der Waals surface area contributed by atoms with Crippen molar-refractivity contribution >= 4 is 69.0 Å². The van der Waals surface area contributed by atoms with Crippen molar-refractivity contribution in [3.05, 3.63) is 28.7 Å². The molecule has 0 radical (unpaired) electrons. The number of amides is 1. The summed E-state index contributed by atoms with van der Waals surface area (Å²) in [5.74, 6) is -1.07. The molecule has 1 aliphatic heterocycles. The van der Waals surface area contributed by atoms with Gasteiger partial charge in [-0.1, -0.05) is 36.1 Å². The molecule has 1 amide bonds. The van der Waals surface area contributed by atoms with Gasteiger partial charge in [-0.25, -0.2) is 0 Å². The van der Waals surface area contributed by atoms with Gasteiger partial charge in [-0.15, -0.1) is 0 Å². The van der Waals surface area contributed by atoms with Gasteiger partial charge in [0.25, 0.3) is 5.91 Å². The maximum atomic E-state index is 12.4. The number of carbonyl (C=O) groups excluding carboxylic acids is 1. The van der Waals surface area contributed by atoms with E-state index in [0.717, 1.165) is 28.3 Å². The van der Waals surface area contributed by atoms with E-state index in [1.807, 2.05) is 18.2 Å². The van der Waals surface area contributed by atoms with Crippen LogP contribution in [0.1, 0.15) is 18.4 Å². The third-order valence-corrected chi connectivity index (χ3v) is 5.17. The van der Waals surface area contributed by atoms with E-state index >= 15 is 0 Å². The molecule has 3 rings (SSSR count). The van der Waals surface area contributed by atoms with Crippen LogP contribution in [0.4, 0.5) is 0 Å². The van der Waals surface area contributed by atoms with E-state index in [1.54, 1.807) is 6.08 Å². The molecule has 0 bridgehead atoms. The molecule has 1 aromatic heterocycles. The van der Waals surface area contributed by atoms with Crippen LogP contribution >= 0.6 is 35.7 Å². The minimum Gasteiger partial charge on any atom is -0.481 e. The summed E-state index contributed by atoms with van der Waals surface area (Å²) in [6, 6.07) is 5.61. The van der Waals surface area contributed by atoms with Crippen LogP contribution in [0.25, 0.3) is 17.1 Å². The zero-order valence-corrected chi connectivity index (χ0v) is 14.2. The summed E-state index contributed by atoms with van der Waals surface area (Å²) < 4.78 is 8.88. The average molecular weight is 365 g/mol. The van der Waals surface area contributed by atoms with E-state index in [9.17, 15) is 9.59 Å². The summed E-state index contributed by atoms with van der Waals surface area (Å²) in [4.78, 5) is 25.0. The molecule has 2 aromatic rings. The van der Waals surface area contributed by atoms with E-state index < -0.39 is 5.97 Å². The van der Waals surface area contributed by atoms with E-state index in [0.29, 0.717) is 22.2 Å². The zero-order chi connectivity index (χ0) is 16.4. The minimum absolute atomic E-state index is 0.0138. The molecule has 1 aliphatic rings. The molecule has 118 valence electrons. The second-order valence-electron chi connectivity index (χ2n) is 4.81. The maximum absolute atomic E-state index is 12.4. The van der Waals surface area contributed by atoms with Crippen molar-refractivity contribution in [2.24, 2.45) is 0 Å². The highest BCUT2D eigenvalue weighted by molar-refractivity contribution is 8.26. The Hall–Kier alpha value is -1.84. The van der Waals surface area contributed by atoms with Gasteiger partial charge in [-0.05, 0) is 18.6 Å². The average Bonchev–Trinajstić information content (AvgIpc) is 3.08. The number of thiocarbonyl (C=S) groups is 1. The fraction of sp³-hybridized carbons (Fsp3) is 0.214. The molecule has 0 aliphatic carbocycles. The van der Waals surface area contributed by atoms with Crippen molar-refractivity contribution in [1.29, 1.82) is 0 Å². The highest BCUT2D eigenvalue weighted by Crippen LogP contribution is 2.33. The first kappa shape index (κ1) is 16.0. The summed E-state index contributed by atoms with van der Waals surface area (Å²) in [6.45, 7) is 0.316. The molecule has 0 atom stereocenters. The van der Waals surface area contributed by atoms with Gasteiger partial charge in [-0.3, -0.25) is 14.5 Å². The fourth-order valence-electron chi connectivity index (χ4n) is 2.17. The number of nitrogens with zero attached hydrogens (tertiary/aromatic N) is 3. The molecule has 1 fully saturated rings. The Bertz CT molecular complexity index is 831. The number of carbonyl (C=O) groups is 2. The Morgan fingerprint density at radius 3 is 3.00 bits per heavy atom. The van der Waals surface area contributed by atoms with Crippen LogP contribution in [0.3, 0.4) is 0 Å². The molecule has 1 N–H and O–H groups in total. The number of hydrogen-bond donors (Lipinski definition) is 1. The second-order valence-corrected chi connectivity index (χ2v) is 7.01. The number of aromatic nitrogens is 2. The lowest BCUT2D eigenvalue weighted by Crippen LogP contribution is -2.29. The third kappa shape index (κ3) is 3.41. The van der Waals surface area contributed by atoms with E-state index in [2.05, 4.69) is 8.75 Å². The SMILES string of the molecule is O=C(O)CCCN1C(=O)C(=Cc2cccc3nsnc23)SC1=S. The van der Waals surface area contributed by atoms with Crippen LogP contribution in [-0.2, 0) is 9.59 Å². The first-order valence-corrected chi connectivity index (χ1v) is 8.70. The number of aliphatic carboxylic acids is 1. The number of fused-ring (bicyclic) bond motifs is 1. The highest BCUT2D eigenvalue weighted by Gasteiger charge is 2.31. The third-order valence-electron chi connectivity index (χ3n) is 3.25. The molecule has 9 heteroatoms. The van der Waals surface area contributed by atoms with Gasteiger partial charge >= 0.3 is 5.97 Å². The quantitative estimate of drug-likeness (QED) is 0.644. The lowest BCUT2D eigenvalue weighted by molar-refractivity contribution is -0.137. The van der Waals surface area contributed by atoms with E-state index in [1.165, 1.54) is 16.7 Å². The molecule has 23 heavy (non-hydrogen) atoms. The van der Waals surface area contributed by atoms with Gasteiger partial charge in [0.15, 0.2) is 0 Å². The van der Waals surface area contributed by atoms with E-state index in [-0.39, 0.29) is 12.3 Å². The molecule has 1 saturated heterocycles. The van der Waals surface area contributed by atoms with Crippen molar-refractivity contribution in [3.63, 3.8) is 0 Å². The number of hydrogen-bond acceptors (Lipinski definition) is 7. The van der Waals surface area contributed by atoms with Crippen LogP contribution in [0, 0.1) is 0 Å². The molecule has 1 aromatic carbocycles. The fourth-order valence-corrected chi connectivity index (χ4v) is 4.02. The maximum Gasteiger partial charge on any atom is 0.303 e. The van der Waals surface area contributed by atoms with Crippen LogP contribution < -0.4 is 0 Å². The Kier molecular flexibility index (Phi) is 4.69. The number of benzene rings is 1. The predicted octanol–water partition coefficient (Wildman–Crippen LogP) is 2.76. The first-order valence-electron chi connectivity index (χ1n) is 6.74. The lowest BCUT2D eigenvalue weighted by atomic mass is 10.1. The number of carboxylic acids is 1. The van der Waals surface area contributed by atoms with Crippen molar-refractivity contribution < 1.29 is 14.7 Å². The molecular weight excluding hydrogens is 354 g/mol. The Labute approximate surface area is 145 Å². The van der Waals surface area contributed by atoms with Gasteiger partial charge in [0, 0.05) is 18.5 Å². The number of carboxylic acid groups (broad SMARTS) is 1. The van der Waals surface area contributed by atoms with Gasteiger partial charge in [0.2, 0.25) is 0 Å². The second kappa shape index (κ2) is 6.73. The molecule has 6 nitrogen and oxygen atoms in total. The molecule has 0 unspecified atom stereocenters. The molecular formula is C14H11N3O3S3. The predicted molar refractivity (Wildman–Crippen MR) is 94.2 cm³/mol.